The van der Waals surface area contributed by atoms with E-state index in [4.69, 9.17) is 5.11 Å². The summed E-state index contributed by atoms with van der Waals surface area (Å²) >= 11 is 0. The van der Waals surface area contributed by atoms with E-state index >= 15 is 0 Å². The van der Waals surface area contributed by atoms with Gasteiger partial charge in [-0.3, -0.25) is 4.79 Å². The van der Waals surface area contributed by atoms with E-state index in [-0.39, 0.29) is 12.0 Å². The molecular weight excluding hydrogens is 238 g/mol. The van der Waals surface area contributed by atoms with E-state index in [0.717, 1.165) is 0 Å². The molecule has 0 saturated heterocycles. The van der Waals surface area contributed by atoms with Crippen LogP contribution in [-0.2, 0) is 10.7 Å². The lowest BCUT2D eigenvalue weighted by atomic mass is 9.93. The molecule has 0 amide bonds. The summed E-state index contributed by atoms with van der Waals surface area (Å²) in [4.78, 5) is 11.0. The molecule has 100 valence electrons. The van der Waals surface area contributed by atoms with E-state index in [9.17, 15) is 13.6 Å². The molecule has 1 aromatic rings. The number of hydrogen-bond acceptors (Lipinski definition) is 1. The summed E-state index contributed by atoms with van der Waals surface area (Å²) in [7, 11) is 0. The third kappa shape index (κ3) is 3.28. The fourth-order valence-corrected chi connectivity index (χ4v) is 1.99. The van der Waals surface area contributed by atoms with Gasteiger partial charge in [-0.25, -0.2) is 8.78 Å². The van der Waals surface area contributed by atoms with E-state index in [1.807, 2.05) is 0 Å². The van der Waals surface area contributed by atoms with Gasteiger partial charge >= 0.3 is 5.97 Å². The normalized spacial score (nSPS) is 13.3. The Morgan fingerprint density at radius 2 is 2.06 bits per heavy atom. The second-order valence-corrected chi connectivity index (χ2v) is 4.38. The van der Waals surface area contributed by atoms with Crippen LogP contribution >= 0.6 is 0 Å². The number of rotatable bonds is 6. The van der Waals surface area contributed by atoms with Gasteiger partial charge in [-0.15, -0.1) is 0 Å². The van der Waals surface area contributed by atoms with Crippen LogP contribution in [0.2, 0.25) is 0 Å². The molecule has 0 saturated carbocycles. The first-order valence-electron chi connectivity index (χ1n) is 6.13. The van der Waals surface area contributed by atoms with Gasteiger partial charge in [0, 0.05) is 12.0 Å². The van der Waals surface area contributed by atoms with Crippen molar-refractivity contribution in [3.63, 3.8) is 0 Å². The van der Waals surface area contributed by atoms with Gasteiger partial charge in [-0.1, -0.05) is 38.5 Å². The average molecular weight is 256 g/mol. The van der Waals surface area contributed by atoms with E-state index in [1.165, 1.54) is 18.2 Å². The Labute approximate surface area is 106 Å². The summed E-state index contributed by atoms with van der Waals surface area (Å²) in [5, 5.41) is 9.04. The lowest BCUT2D eigenvalue weighted by Crippen LogP contribution is -2.15. The fraction of sp³-hybridized carbons (Fsp3) is 0.500. The first-order valence-corrected chi connectivity index (χ1v) is 6.13. The zero-order valence-corrected chi connectivity index (χ0v) is 10.6. The molecule has 0 fully saturated rings. The van der Waals surface area contributed by atoms with Crippen molar-refractivity contribution >= 4 is 5.97 Å². The number of halogens is 2. The summed E-state index contributed by atoms with van der Waals surface area (Å²) in [5.41, 5.74) is 0.347. The van der Waals surface area contributed by atoms with Gasteiger partial charge in [0.2, 0.25) is 0 Å². The van der Waals surface area contributed by atoms with Gasteiger partial charge in [0.15, 0.2) is 0 Å². The molecule has 0 bridgehead atoms. The van der Waals surface area contributed by atoms with Gasteiger partial charge < -0.3 is 5.11 Å². The molecular formula is C14H18F2O2. The highest BCUT2D eigenvalue weighted by Crippen LogP contribution is 2.34. The predicted molar refractivity (Wildman–Crippen MR) is 65.9 cm³/mol. The number of benzene rings is 1. The van der Waals surface area contributed by atoms with Crippen molar-refractivity contribution in [2.24, 2.45) is 0 Å². The molecule has 4 heteroatoms. The van der Waals surface area contributed by atoms with Crippen LogP contribution in [0.4, 0.5) is 8.78 Å². The molecule has 0 aliphatic carbocycles. The van der Waals surface area contributed by atoms with Crippen molar-refractivity contribution in [3.05, 3.63) is 35.4 Å². The minimum atomic E-state index is -2.89. The Hall–Kier alpha value is -1.45. The molecule has 1 N–H and O–H groups in total. The zero-order valence-electron chi connectivity index (χ0n) is 10.6. The van der Waals surface area contributed by atoms with Crippen molar-refractivity contribution in [3.8, 4) is 0 Å². The number of carbonyl (C=O) groups is 1. The summed E-state index contributed by atoms with van der Waals surface area (Å²) in [6, 6.07) is 5.76. The highest BCUT2D eigenvalue weighted by Gasteiger charge is 2.31. The van der Waals surface area contributed by atoms with Crippen LogP contribution in [0.25, 0.3) is 0 Å². The predicted octanol–water partition coefficient (Wildman–Crippen LogP) is 4.16. The SMILES string of the molecule is CCCC(F)(F)c1cccc(C(CC)C(=O)O)c1. The lowest BCUT2D eigenvalue weighted by Gasteiger charge is -2.18. The second kappa shape index (κ2) is 5.94. The Bertz CT molecular complexity index is 416. The molecule has 0 heterocycles. The highest BCUT2D eigenvalue weighted by atomic mass is 19.3. The summed E-state index contributed by atoms with van der Waals surface area (Å²) in [6.45, 7) is 3.43. The van der Waals surface area contributed by atoms with Crippen LogP contribution in [0, 0.1) is 0 Å². The number of alkyl halides is 2. The summed E-state index contributed by atoms with van der Waals surface area (Å²) < 4.78 is 27.5. The number of aliphatic carboxylic acids is 1. The first-order chi connectivity index (χ1) is 8.42. The summed E-state index contributed by atoms with van der Waals surface area (Å²) in [5.74, 6) is -4.59. The third-order valence-electron chi connectivity index (χ3n) is 2.98. The Morgan fingerprint density at radius 3 is 2.56 bits per heavy atom. The quantitative estimate of drug-likeness (QED) is 0.829. The zero-order chi connectivity index (χ0) is 13.8. The standard InChI is InChI=1S/C14H18F2O2/c1-3-8-14(15,16)11-7-5-6-10(9-11)12(4-2)13(17)18/h5-7,9,12H,3-4,8H2,1-2H3,(H,17,18). The largest absolute Gasteiger partial charge is 0.481 e. The van der Waals surface area contributed by atoms with Gasteiger partial charge in [0.05, 0.1) is 5.92 Å². The fourth-order valence-electron chi connectivity index (χ4n) is 1.99. The molecule has 1 unspecified atom stereocenters. The minimum Gasteiger partial charge on any atom is -0.481 e. The first kappa shape index (κ1) is 14.6. The number of carboxylic acid groups (broad SMARTS) is 1. The van der Waals surface area contributed by atoms with Crippen molar-refractivity contribution in [1.29, 1.82) is 0 Å². The van der Waals surface area contributed by atoms with Crippen LogP contribution < -0.4 is 0 Å². The Kier molecular flexibility index (Phi) is 4.82. The van der Waals surface area contributed by atoms with E-state index in [0.29, 0.717) is 18.4 Å². The van der Waals surface area contributed by atoms with E-state index < -0.39 is 17.8 Å². The molecule has 2 nitrogen and oxygen atoms in total. The molecule has 0 aliphatic heterocycles. The number of carboxylic acids is 1. The molecule has 0 spiro atoms. The number of hydrogen-bond donors (Lipinski definition) is 1. The lowest BCUT2D eigenvalue weighted by molar-refractivity contribution is -0.138. The van der Waals surface area contributed by atoms with Gasteiger partial charge in [0.25, 0.3) is 5.92 Å². The maximum absolute atomic E-state index is 13.8. The van der Waals surface area contributed by atoms with Gasteiger partial charge in [0.1, 0.15) is 0 Å². The van der Waals surface area contributed by atoms with Crippen LogP contribution in [0.3, 0.4) is 0 Å². The third-order valence-corrected chi connectivity index (χ3v) is 2.98. The van der Waals surface area contributed by atoms with Gasteiger partial charge in [-0.05, 0) is 18.1 Å². The maximum atomic E-state index is 13.8. The van der Waals surface area contributed by atoms with Crippen molar-refractivity contribution in [1.82, 2.24) is 0 Å². The maximum Gasteiger partial charge on any atom is 0.310 e. The van der Waals surface area contributed by atoms with Crippen LogP contribution in [0.1, 0.15) is 50.2 Å². The monoisotopic (exact) mass is 256 g/mol. The topological polar surface area (TPSA) is 37.3 Å². The second-order valence-electron chi connectivity index (χ2n) is 4.38. The molecule has 0 aromatic heterocycles. The van der Waals surface area contributed by atoms with E-state index in [1.54, 1.807) is 19.9 Å². The molecule has 1 rings (SSSR count). The average Bonchev–Trinajstić information content (AvgIpc) is 2.30. The smallest absolute Gasteiger partial charge is 0.310 e. The minimum absolute atomic E-state index is 0.0958. The summed E-state index contributed by atoms with van der Waals surface area (Å²) in [6.07, 6.45) is 0.547. The Morgan fingerprint density at radius 1 is 1.39 bits per heavy atom. The highest BCUT2D eigenvalue weighted by molar-refractivity contribution is 5.76. The molecule has 1 aromatic carbocycles. The van der Waals surface area contributed by atoms with Crippen LogP contribution in [0.15, 0.2) is 24.3 Å². The molecule has 18 heavy (non-hydrogen) atoms. The van der Waals surface area contributed by atoms with Crippen molar-refractivity contribution < 1.29 is 18.7 Å². The van der Waals surface area contributed by atoms with Crippen LogP contribution in [-0.4, -0.2) is 11.1 Å². The molecule has 0 radical (unpaired) electrons. The molecule has 0 aliphatic rings. The molecule has 1 atom stereocenters. The van der Waals surface area contributed by atoms with E-state index in [2.05, 4.69) is 0 Å². The van der Waals surface area contributed by atoms with Gasteiger partial charge in [-0.2, -0.15) is 0 Å². The Balaban J connectivity index is 3.09. The van der Waals surface area contributed by atoms with Crippen molar-refractivity contribution in [2.45, 2.75) is 45.0 Å². The van der Waals surface area contributed by atoms with Crippen LogP contribution in [0.5, 0.6) is 0 Å². The van der Waals surface area contributed by atoms with Crippen molar-refractivity contribution in [2.75, 3.05) is 0 Å².